The first-order chi connectivity index (χ1) is 34.2. The summed E-state index contributed by atoms with van der Waals surface area (Å²) in [7, 11) is 0. The van der Waals surface area contributed by atoms with E-state index >= 15 is 0 Å². The zero-order valence-corrected chi connectivity index (χ0v) is 40.7. The van der Waals surface area contributed by atoms with E-state index in [0.717, 1.165) is 106 Å². The molecule has 0 saturated carbocycles. The first-order valence-electron chi connectivity index (χ1n) is 22.3. The average molecular weight is 972 g/mol. The first kappa shape index (κ1) is 41.1. The van der Waals surface area contributed by atoms with E-state index in [1.54, 1.807) is 47.0 Å². The Kier molecular flexibility index (Phi) is 10.1. The monoisotopic (exact) mass is 971 g/mol. The Morgan fingerprint density at radius 2 is 0.623 bits per heavy atom. The van der Waals surface area contributed by atoms with E-state index in [-0.39, 0.29) is 0 Å². The molecule has 2 aliphatic rings. The molecule has 0 saturated heterocycles. The molecule has 0 radical (unpaired) electrons. The molecule has 0 spiro atoms. The summed E-state index contributed by atoms with van der Waals surface area (Å²) in [6, 6.07) is 67.9. The Morgan fingerprint density at radius 1 is 0.290 bits per heavy atom. The van der Waals surface area contributed by atoms with Crippen molar-refractivity contribution in [2.45, 2.75) is 39.2 Å². The van der Waals surface area contributed by atoms with Crippen LogP contribution >= 0.6 is 47.0 Å². The van der Waals surface area contributed by atoms with Gasteiger partial charge in [0.1, 0.15) is 0 Å². The van der Waals surface area contributed by atoms with Crippen LogP contribution in [0.25, 0.3) is 89.7 Å². The first-order valence-corrected chi connectivity index (χ1v) is 26.6. The maximum atomic E-state index is 5.71. The molecule has 322 valence electrons. The van der Waals surface area contributed by atoms with E-state index in [1.165, 1.54) is 0 Å². The Balaban J connectivity index is 1.18. The van der Waals surface area contributed by atoms with Gasteiger partial charge in [0.15, 0.2) is 0 Å². The van der Waals surface area contributed by atoms with Crippen LogP contribution < -0.4 is 0 Å². The van der Waals surface area contributed by atoms with Crippen LogP contribution in [-0.4, -0.2) is 51.9 Å². The van der Waals surface area contributed by atoms with Crippen molar-refractivity contribution in [1.82, 2.24) is 36.6 Å². The molecular formula is C56H32AlN8S4+. The van der Waals surface area contributed by atoms with Gasteiger partial charge in [-0.25, -0.2) is 0 Å². The molecule has 8 aromatic carbocycles. The molecule has 0 fully saturated rings. The van der Waals surface area contributed by atoms with Gasteiger partial charge in [0.2, 0.25) is 0 Å². The van der Waals surface area contributed by atoms with Crippen molar-refractivity contribution in [3.05, 3.63) is 194 Å². The molecule has 69 heavy (non-hydrogen) atoms. The Labute approximate surface area is 418 Å². The summed E-state index contributed by atoms with van der Waals surface area (Å²) in [5, 5.41) is 3.99. The number of aromatic nitrogens is 8. The molecule has 12 aromatic rings. The second-order valence-electron chi connectivity index (χ2n) is 16.5. The molecule has 2 aliphatic heterocycles. The van der Waals surface area contributed by atoms with Crippen LogP contribution in [-0.2, 0) is 0 Å². The third-order valence-corrected chi connectivity index (χ3v) is 18.0. The van der Waals surface area contributed by atoms with E-state index in [0.29, 0.717) is 23.3 Å². The van der Waals surface area contributed by atoms with Crippen molar-refractivity contribution in [2.75, 3.05) is 0 Å². The fourth-order valence-electron chi connectivity index (χ4n) is 9.24. The second-order valence-corrected chi connectivity index (χ2v) is 22.2. The van der Waals surface area contributed by atoms with E-state index in [9.17, 15) is 0 Å². The molecular weight excluding hydrogens is 940 g/mol. The zero-order valence-electron chi connectivity index (χ0n) is 36.3. The minimum atomic E-state index is -0.872. The minimum absolute atomic E-state index is 0.618. The summed E-state index contributed by atoms with van der Waals surface area (Å²) in [6.07, 6.45) is 0. The third-order valence-electron chi connectivity index (χ3n) is 12.3. The Hall–Kier alpha value is -6.95. The molecule has 0 amide bonds. The van der Waals surface area contributed by atoms with Gasteiger partial charge < -0.3 is 0 Å². The van der Waals surface area contributed by atoms with Crippen LogP contribution in [0.2, 0.25) is 0 Å². The number of benzene rings is 8. The zero-order chi connectivity index (χ0) is 45.4. The third kappa shape index (κ3) is 7.11. The van der Waals surface area contributed by atoms with E-state index in [4.69, 9.17) is 29.9 Å². The summed E-state index contributed by atoms with van der Waals surface area (Å²) in [6.45, 7) is 0. The Bertz CT molecular complexity index is 3880. The number of hydrogen-bond donors (Lipinski definition) is 0. The molecule has 0 unspecified atom stereocenters. The predicted molar refractivity (Wildman–Crippen MR) is 282 cm³/mol. The molecule has 0 atom stereocenters. The van der Waals surface area contributed by atoms with Crippen molar-refractivity contribution >= 4 is 106 Å². The molecule has 0 N–H and O–H groups in total. The predicted octanol–water partition coefficient (Wildman–Crippen LogP) is 14.7. The van der Waals surface area contributed by atoms with Crippen LogP contribution in [0.1, 0.15) is 0 Å². The van der Waals surface area contributed by atoms with Crippen LogP contribution in [0, 0.1) is 0 Å². The van der Waals surface area contributed by atoms with Gasteiger partial charge >= 0.3 is 422 Å². The molecule has 4 aromatic heterocycles. The van der Waals surface area contributed by atoms with Gasteiger partial charge in [0.05, 0.1) is 0 Å². The maximum absolute atomic E-state index is 5.71. The van der Waals surface area contributed by atoms with Gasteiger partial charge in [0.25, 0.3) is 0 Å². The van der Waals surface area contributed by atoms with Crippen molar-refractivity contribution in [1.29, 1.82) is 0 Å². The quantitative estimate of drug-likeness (QED) is 0.137. The number of nitrogens with zero attached hydrogens (tertiary/aromatic N) is 8. The summed E-state index contributed by atoms with van der Waals surface area (Å²) in [5.74, 6) is 2.48. The molecule has 6 heterocycles. The number of fused-ring (bicyclic) bond motifs is 16. The fourth-order valence-corrected chi connectivity index (χ4v) is 14.7. The fraction of sp³-hybridized carbons (Fsp3) is 0. The standard InChI is InChI=1S/C56H32N8S4.Al/c1-5-17-33(18-6-1)65-41-29-13-25-37-45(41)53-57-49(37)62-54-47-39(27-15-31-43(47)67-35-21-9-3-10-22-35)51(59-54)64-56-48-40(28-16-32-44(48)68-36-23-11-4-12-24-36)52(60-56)63-55-46-38(50(58-55)61-53)26-14-30-42(46)66-34-19-7-2-8-20-34;/h1-32H;/q-2;+3. The molecule has 13 heteroatoms. The van der Waals surface area contributed by atoms with Crippen molar-refractivity contribution < 1.29 is 0 Å². The van der Waals surface area contributed by atoms with Gasteiger partial charge in [-0.3, -0.25) is 0 Å². The normalized spacial score (nSPS) is 11.9. The molecule has 14 rings (SSSR count). The summed E-state index contributed by atoms with van der Waals surface area (Å²) >= 11 is 6.03. The number of rotatable bonds is 8. The van der Waals surface area contributed by atoms with E-state index < -0.39 is 15.2 Å². The second kappa shape index (κ2) is 16.9. The van der Waals surface area contributed by atoms with Gasteiger partial charge in [0, 0.05) is 0 Å². The topological polar surface area (TPSA) is 86.2 Å². The number of hydrogen-bond acceptors (Lipinski definition) is 10. The van der Waals surface area contributed by atoms with Gasteiger partial charge in [-0.05, 0) is 0 Å². The van der Waals surface area contributed by atoms with Crippen molar-refractivity contribution in [2.24, 2.45) is 0 Å². The molecule has 8 nitrogen and oxygen atoms in total. The van der Waals surface area contributed by atoms with E-state index in [2.05, 4.69) is 201 Å². The van der Waals surface area contributed by atoms with Gasteiger partial charge in [-0.15, -0.1) is 0 Å². The summed E-state index contributed by atoms with van der Waals surface area (Å²) in [5.41, 5.74) is 6.94. The summed E-state index contributed by atoms with van der Waals surface area (Å²) in [4.78, 5) is 42.5. The average Bonchev–Trinajstić information content (AvgIpc) is 4.10. The Morgan fingerprint density at radius 3 is 1.01 bits per heavy atom. The van der Waals surface area contributed by atoms with Crippen LogP contribution in [0.4, 0.5) is 0 Å². The van der Waals surface area contributed by atoms with E-state index in [1.807, 2.05) is 0 Å². The van der Waals surface area contributed by atoms with Crippen molar-refractivity contribution in [3.8, 4) is 45.6 Å². The van der Waals surface area contributed by atoms with Crippen molar-refractivity contribution in [3.63, 3.8) is 0 Å². The van der Waals surface area contributed by atoms with Crippen LogP contribution in [0.5, 0.6) is 0 Å². The van der Waals surface area contributed by atoms with Crippen LogP contribution in [0.15, 0.2) is 233 Å². The van der Waals surface area contributed by atoms with Gasteiger partial charge in [-0.1, -0.05) is 0 Å². The SMILES string of the molecule is c1ccc(Sc2cccc3c2-c2nc-3nc3c4c(Sc5ccccc5)cccc4c4nc5nc(nc6c7c(Sc8ccccc8)cccc7c(n2)[n]6[Al+][n]43)-c2cccc(Sc3ccccc3)c2-5)cc1. The van der Waals surface area contributed by atoms with Gasteiger partial charge in [-0.2, -0.15) is 0 Å². The molecule has 0 aliphatic carbocycles. The van der Waals surface area contributed by atoms with Crippen LogP contribution in [0.3, 0.4) is 0 Å². The summed E-state index contributed by atoms with van der Waals surface area (Å²) < 4.78 is 4.65. The molecule has 6 bridgehead atoms.